The molecule has 0 bridgehead atoms. The quantitative estimate of drug-likeness (QED) is 0.724. The molecular weight excluding hydrogens is 338 g/mol. The molecule has 142 valence electrons. The second kappa shape index (κ2) is 8.66. The van der Waals surface area contributed by atoms with Crippen molar-refractivity contribution >= 4 is 23.5 Å². The number of amides is 2. The topological polar surface area (TPSA) is 90.4 Å². The first kappa shape index (κ1) is 19.7. The Morgan fingerprint density at radius 2 is 1.88 bits per heavy atom. The summed E-state index contributed by atoms with van der Waals surface area (Å²) < 4.78 is 5.11. The van der Waals surface area contributed by atoms with Gasteiger partial charge in [-0.25, -0.2) is 0 Å². The van der Waals surface area contributed by atoms with Crippen LogP contribution in [0, 0.1) is 5.92 Å². The van der Waals surface area contributed by atoms with Crippen LogP contribution in [0.4, 0.5) is 5.69 Å². The van der Waals surface area contributed by atoms with Gasteiger partial charge in [-0.15, -0.1) is 0 Å². The van der Waals surface area contributed by atoms with Crippen molar-refractivity contribution in [2.24, 2.45) is 5.92 Å². The molecule has 1 aliphatic rings. The van der Waals surface area contributed by atoms with Crippen LogP contribution in [0.2, 0.25) is 0 Å². The van der Waals surface area contributed by atoms with Gasteiger partial charge in [0, 0.05) is 31.7 Å². The van der Waals surface area contributed by atoms with E-state index in [0.717, 1.165) is 0 Å². The van der Waals surface area contributed by atoms with Crippen molar-refractivity contribution in [1.82, 2.24) is 9.80 Å². The third-order valence-electron chi connectivity index (χ3n) is 4.31. The molecule has 8 heteroatoms. The Balaban J connectivity index is 2.08. The lowest BCUT2D eigenvalue weighted by molar-refractivity contribution is -0.146. The third-order valence-corrected chi connectivity index (χ3v) is 4.31. The van der Waals surface area contributed by atoms with Crippen LogP contribution in [-0.2, 0) is 14.4 Å². The van der Waals surface area contributed by atoms with Gasteiger partial charge in [0.1, 0.15) is 12.3 Å². The van der Waals surface area contributed by atoms with Gasteiger partial charge in [-0.05, 0) is 38.4 Å². The predicted molar refractivity (Wildman–Crippen MR) is 96.2 cm³/mol. The molecule has 2 amide bonds. The number of likely N-dealkylation sites (N-methyl/N-ethyl adjacent to an activating group) is 1. The number of nitrogens with zero attached hydrogens (tertiary/aromatic N) is 3. The summed E-state index contributed by atoms with van der Waals surface area (Å²) in [6.07, 6.45) is 0.0863. The Hall–Kier alpha value is -2.61. The first-order valence-corrected chi connectivity index (χ1v) is 8.41. The third kappa shape index (κ3) is 4.95. The highest BCUT2D eigenvalue weighted by Crippen LogP contribution is 2.27. The van der Waals surface area contributed by atoms with Gasteiger partial charge < -0.3 is 24.5 Å². The molecule has 0 spiro atoms. The number of benzene rings is 1. The van der Waals surface area contributed by atoms with Crippen LogP contribution in [0.25, 0.3) is 0 Å². The Morgan fingerprint density at radius 3 is 2.42 bits per heavy atom. The van der Waals surface area contributed by atoms with Crippen LogP contribution in [0.5, 0.6) is 5.75 Å². The largest absolute Gasteiger partial charge is 0.497 e. The van der Waals surface area contributed by atoms with Crippen molar-refractivity contribution in [2.45, 2.75) is 6.42 Å². The summed E-state index contributed by atoms with van der Waals surface area (Å²) in [4.78, 5) is 41.0. The highest BCUT2D eigenvalue weighted by Gasteiger charge is 2.37. The number of carboxylic acids is 1. The average Bonchev–Trinajstić information content (AvgIpc) is 2.99. The summed E-state index contributed by atoms with van der Waals surface area (Å²) >= 11 is 0. The number of hydrogen-bond acceptors (Lipinski definition) is 5. The number of methoxy groups -OCH3 is 1. The van der Waals surface area contributed by atoms with Crippen LogP contribution >= 0.6 is 0 Å². The monoisotopic (exact) mass is 363 g/mol. The van der Waals surface area contributed by atoms with Crippen molar-refractivity contribution in [3.05, 3.63) is 24.3 Å². The van der Waals surface area contributed by atoms with Crippen molar-refractivity contribution in [3.63, 3.8) is 0 Å². The summed E-state index contributed by atoms with van der Waals surface area (Å²) in [6, 6.07) is 7.05. The van der Waals surface area contributed by atoms with Crippen LogP contribution in [0.3, 0.4) is 0 Å². The van der Waals surface area contributed by atoms with E-state index in [9.17, 15) is 14.4 Å². The first-order chi connectivity index (χ1) is 12.3. The highest BCUT2D eigenvalue weighted by atomic mass is 16.5. The SMILES string of the molecule is COc1ccc(N2CC(C(=O)N(CCN(C)C)CC(=O)O)CC2=O)cc1. The molecule has 0 aliphatic carbocycles. The van der Waals surface area contributed by atoms with Crippen molar-refractivity contribution in [1.29, 1.82) is 0 Å². The normalized spacial score (nSPS) is 16.8. The molecule has 0 saturated carbocycles. The van der Waals surface area contributed by atoms with Gasteiger partial charge >= 0.3 is 5.97 Å². The number of hydrogen-bond donors (Lipinski definition) is 1. The number of anilines is 1. The van der Waals surface area contributed by atoms with Gasteiger partial charge in [-0.2, -0.15) is 0 Å². The molecule has 1 aliphatic heterocycles. The molecule has 1 atom stereocenters. The van der Waals surface area contributed by atoms with E-state index in [1.807, 2.05) is 19.0 Å². The van der Waals surface area contributed by atoms with Gasteiger partial charge in [0.15, 0.2) is 0 Å². The van der Waals surface area contributed by atoms with Gasteiger partial charge in [0.25, 0.3) is 0 Å². The minimum absolute atomic E-state index is 0.0863. The zero-order chi connectivity index (χ0) is 19.3. The van der Waals surface area contributed by atoms with Crippen molar-refractivity contribution in [2.75, 3.05) is 52.3 Å². The molecule has 0 aromatic heterocycles. The number of rotatable bonds is 8. The summed E-state index contributed by atoms with van der Waals surface area (Å²) in [7, 11) is 5.28. The lowest BCUT2D eigenvalue weighted by atomic mass is 10.1. The molecule has 1 saturated heterocycles. The maximum absolute atomic E-state index is 12.8. The smallest absolute Gasteiger partial charge is 0.323 e. The van der Waals surface area contributed by atoms with E-state index in [2.05, 4.69) is 0 Å². The standard InChI is InChI=1S/C18H25N3O5/c1-19(2)8-9-20(12-17(23)24)18(25)13-10-16(22)21(11-13)14-4-6-15(26-3)7-5-14/h4-7,13H,8-12H2,1-3H3,(H,23,24). The Labute approximate surface area is 152 Å². The Morgan fingerprint density at radius 1 is 1.23 bits per heavy atom. The van der Waals surface area contributed by atoms with Gasteiger partial charge in [0.2, 0.25) is 11.8 Å². The molecule has 2 rings (SSSR count). The summed E-state index contributed by atoms with van der Waals surface area (Å²) in [5, 5.41) is 9.08. The Kier molecular flexibility index (Phi) is 6.57. The average molecular weight is 363 g/mol. The molecule has 1 unspecified atom stereocenters. The first-order valence-electron chi connectivity index (χ1n) is 8.41. The predicted octanol–water partition coefficient (Wildman–Crippen LogP) is 0.523. The number of aliphatic carboxylic acids is 1. The molecule has 1 aromatic carbocycles. The molecule has 1 N–H and O–H groups in total. The molecule has 26 heavy (non-hydrogen) atoms. The number of carbonyl (C=O) groups excluding carboxylic acids is 2. The van der Waals surface area contributed by atoms with Crippen molar-refractivity contribution < 1.29 is 24.2 Å². The fourth-order valence-corrected chi connectivity index (χ4v) is 2.89. The fraction of sp³-hybridized carbons (Fsp3) is 0.500. The van der Waals surface area contributed by atoms with Crippen LogP contribution in [-0.4, -0.2) is 80.1 Å². The summed E-state index contributed by atoms with van der Waals surface area (Å²) in [5.74, 6) is -1.35. The second-order valence-corrected chi connectivity index (χ2v) is 6.56. The fourth-order valence-electron chi connectivity index (χ4n) is 2.89. The molecule has 8 nitrogen and oxygen atoms in total. The maximum Gasteiger partial charge on any atom is 0.323 e. The minimum Gasteiger partial charge on any atom is -0.497 e. The zero-order valence-electron chi connectivity index (χ0n) is 15.3. The maximum atomic E-state index is 12.8. The van der Waals surface area contributed by atoms with E-state index in [1.54, 1.807) is 36.3 Å². The van der Waals surface area contributed by atoms with E-state index in [-0.39, 0.29) is 31.3 Å². The van der Waals surface area contributed by atoms with E-state index in [1.165, 1.54) is 4.90 Å². The van der Waals surface area contributed by atoms with Crippen LogP contribution in [0.15, 0.2) is 24.3 Å². The molecule has 1 heterocycles. The molecule has 1 aromatic rings. The van der Waals surface area contributed by atoms with Crippen LogP contribution < -0.4 is 9.64 Å². The lowest BCUT2D eigenvalue weighted by Crippen LogP contribution is -2.43. The van der Waals surface area contributed by atoms with Crippen LogP contribution in [0.1, 0.15) is 6.42 Å². The molecule has 0 radical (unpaired) electrons. The second-order valence-electron chi connectivity index (χ2n) is 6.56. The summed E-state index contributed by atoms with van der Waals surface area (Å²) in [6.45, 7) is 0.759. The lowest BCUT2D eigenvalue weighted by Gasteiger charge is -2.25. The number of carbonyl (C=O) groups is 3. The molecular formula is C18H25N3O5. The van der Waals surface area contributed by atoms with E-state index in [4.69, 9.17) is 9.84 Å². The van der Waals surface area contributed by atoms with E-state index in [0.29, 0.717) is 24.5 Å². The highest BCUT2D eigenvalue weighted by molar-refractivity contribution is 6.00. The molecule has 1 fully saturated rings. The number of carboxylic acid groups (broad SMARTS) is 1. The van der Waals surface area contributed by atoms with E-state index >= 15 is 0 Å². The minimum atomic E-state index is -1.06. The van der Waals surface area contributed by atoms with Gasteiger partial charge in [-0.3, -0.25) is 14.4 Å². The Bertz CT molecular complexity index is 659. The van der Waals surface area contributed by atoms with Gasteiger partial charge in [0.05, 0.1) is 13.0 Å². The van der Waals surface area contributed by atoms with E-state index < -0.39 is 11.9 Å². The van der Waals surface area contributed by atoms with Crippen molar-refractivity contribution in [3.8, 4) is 5.75 Å². The summed E-state index contributed by atoms with van der Waals surface area (Å²) in [5.41, 5.74) is 0.698. The zero-order valence-corrected chi connectivity index (χ0v) is 15.3. The number of ether oxygens (including phenoxy) is 1. The van der Waals surface area contributed by atoms with Gasteiger partial charge in [-0.1, -0.05) is 0 Å².